The van der Waals surface area contributed by atoms with Crippen molar-refractivity contribution in [2.24, 2.45) is 5.84 Å². The number of nitro groups is 1. The summed E-state index contributed by atoms with van der Waals surface area (Å²) in [6.07, 6.45) is 2.26. The van der Waals surface area contributed by atoms with Gasteiger partial charge < -0.3 is 4.74 Å². The number of nitro benzene ring substituents is 1. The summed E-state index contributed by atoms with van der Waals surface area (Å²) in [6.45, 7) is 0.217. The lowest BCUT2D eigenvalue weighted by molar-refractivity contribution is -0.385. The quantitative estimate of drug-likeness (QED) is 0.248. The van der Waals surface area contributed by atoms with Crippen LogP contribution in [0.5, 0.6) is 5.75 Å². The van der Waals surface area contributed by atoms with Gasteiger partial charge in [-0.15, -0.1) is 0 Å². The lowest BCUT2D eigenvalue weighted by Crippen LogP contribution is -2.29. The van der Waals surface area contributed by atoms with Crippen molar-refractivity contribution >= 4 is 11.6 Å². The van der Waals surface area contributed by atoms with Crippen LogP contribution in [0.15, 0.2) is 18.2 Å². The Kier molecular flexibility index (Phi) is 6.38. The van der Waals surface area contributed by atoms with Gasteiger partial charge in [-0.1, -0.05) is 0 Å². The Hall–Kier alpha value is -2.22. The van der Waals surface area contributed by atoms with E-state index in [-0.39, 0.29) is 24.0 Å². The van der Waals surface area contributed by atoms with Crippen LogP contribution in [0.4, 0.5) is 10.1 Å². The summed E-state index contributed by atoms with van der Waals surface area (Å²) in [5.41, 5.74) is 1.75. The van der Waals surface area contributed by atoms with E-state index in [0.717, 1.165) is 18.2 Å². The molecule has 20 heavy (non-hydrogen) atoms. The minimum atomic E-state index is -0.625. The topological polar surface area (TPSA) is 107 Å². The van der Waals surface area contributed by atoms with E-state index in [9.17, 15) is 19.3 Å². The molecule has 0 fully saturated rings. The first-order valence-electron chi connectivity index (χ1n) is 6.10. The molecule has 0 heterocycles. The van der Waals surface area contributed by atoms with E-state index in [4.69, 9.17) is 10.6 Å². The average Bonchev–Trinajstić information content (AvgIpc) is 2.42. The Morgan fingerprint density at radius 1 is 1.40 bits per heavy atom. The number of hydrazine groups is 1. The predicted molar refractivity (Wildman–Crippen MR) is 69.3 cm³/mol. The molecular weight excluding hydrogens is 269 g/mol. The van der Waals surface area contributed by atoms with Crippen molar-refractivity contribution in [3.63, 3.8) is 0 Å². The van der Waals surface area contributed by atoms with Crippen molar-refractivity contribution in [2.45, 2.75) is 25.7 Å². The van der Waals surface area contributed by atoms with Gasteiger partial charge in [-0.25, -0.2) is 10.2 Å². The van der Waals surface area contributed by atoms with Crippen LogP contribution in [-0.2, 0) is 4.79 Å². The number of benzene rings is 1. The summed E-state index contributed by atoms with van der Waals surface area (Å²) in [6, 6.07) is 3.06. The highest BCUT2D eigenvalue weighted by Crippen LogP contribution is 2.27. The number of amides is 1. The first-order valence-corrected chi connectivity index (χ1v) is 6.10. The fourth-order valence-corrected chi connectivity index (χ4v) is 1.57. The Morgan fingerprint density at radius 3 is 2.80 bits per heavy atom. The summed E-state index contributed by atoms with van der Waals surface area (Å²) in [5.74, 6) is 4.00. The molecule has 1 aromatic carbocycles. The number of ether oxygens (including phenoxy) is 1. The zero-order valence-electron chi connectivity index (χ0n) is 10.8. The maximum atomic E-state index is 13.0. The first kappa shape index (κ1) is 15.8. The average molecular weight is 285 g/mol. The number of halogens is 1. The van der Waals surface area contributed by atoms with E-state index in [1.54, 1.807) is 0 Å². The molecule has 0 unspecified atom stereocenters. The van der Waals surface area contributed by atoms with Crippen LogP contribution in [0.25, 0.3) is 0 Å². The fourth-order valence-electron chi connectivity index (χ4n) is 1.57. The maximum absolute atomic E-state index is 13.0. The molecule has 8 heteroatoms. The second kappa shape index (κ2) is 8.05. The molecule has 0 aliphatic rings. The van der Waals surface area contributed by atoms with Crippen molar-refractivity contribution in [3.8, 4) is 5.75 Å². The SMILES string of the molecule is NNC(=O)CCCCCOc1cc(F)ccc1[N+](=O)[O-]. The lowest BCUT2D eigenvalue weighted by Gasteiger charge is -2.06. The Labute approximate surface area is 115 Å². The van der Waals surface area contributed by atoms with Crippen LogP contribution in [0, 0.1) is 15.9 Å². The summed E-state index contributed by atoms with van der Waals surface area (Å²) < 4.78 is 18.2. The van der Waals surface area contributed by atoms with Gasteiger partial charge >= 0.3 is 5.69 Å². The van der Waals surface area contributed by atoms with Gasteiger partial charge in [0.1, 0.15) is 5.82 Å². The van der Waals surface area contributed by atoms with Gasteiger partial charge in [-0.2, -0.15) is 0 Å². The van der Waals surface area contributed by atoms with Gasteiger partial charge in [0.25, 0.3) is 0 Å². The second-order valence-electron chi connectivity index (χ2n) is 4.10. The smallest absolute Gasteiger partial charge is 0.311 e. The Bertz CT molecular complexity index is 482. The van der Waals surface area contributed by atoms with Crippen molar-refractivity contribution in [1.29, 1.82) is 0 Å². The Balaban J connectivity index is 2.36. The standard InChI is InChI=1S/C12H16FN3O4/c13-9-5-6-10(16(18)19)11(8-9)20-7-3-1-2-4-12(17)15-14/h5-6,8H,1-4,7,14H2,(H,15,17). The molecule has 3 N–H and O–H groups in total. The monoisotopic (exact) mass is 285 g/mol. The molecular formula is C12H16FN3O4. The number of hydrogen-bond acceptors (Lipinski definition) is 5. The summed E-state index contributed by atoms with van der Waals surface area (Å²) >= 11 is 0. The molecule has 7 nitrogen and oxygen atoms in total. The van der Waals surface area contributed by atoms with Crippen LogP contribution in [0.1, 0.15) is 25.7 Å². The Morgan fingerprint density at radius 2 is 2.15 bits per heavy atom. The minimum absolute atomic E-state index is 0.0882. The summed E-state index contributed by atoms with van der Waals surface area (Å²) in [5, 5.41) is 10.7. The van der Waals surface area contributed by atoms with Crippen molar-refractivity contribution in [1.82, 2.24) is 5.43 Å². The minimum Gasteiger partial charge on any atom is -0.487 e. The largest absolute Gasteiger partial charge is 0.487 e. The number of rotatable bonds is 8. The van der Waals surface area contributed by atoms with Gasteiger partial charge in [0, 0.05) is 18.6 Å². The van der Waals surface area contributed by atoms with E-state index < -0.39 is 10.7 Å². The zero-order chi connectivity index (χ0) is 15.0. The van der Waals surface area contributed by atoms with Gasteiger partial charge in [0.15, 0.2) is 5.75 Å². The molecule has 0 aliphatic heterocycles. The molecule has 0 radical (unpaired) electrons. The van der Waals surface area contributed by atoms with Crippen LogP contribution in [-0.4, -0.2) is 17.4 Å². The number of hydrogen-bond donors (Lipinski definition) is 2. The number of nitrogens with two attached hydrogens (primary N) is 1. The van der Waals surface area contributed by atoms with E-state index >= 15 is 0 Å². The van der Waals surface area contributed by atoms with E-state index in [0.29, 0.717) is 25.7 Å². The van der Waals surface area contributed by atoms with Crippen molar-refractivity contribution in [2.75, 3.05) is 6.61 Å². The molecule has 1 rings (SSSR count). The molecule has 1 amide bonds. The molecule has 0 bridgehead atoms. The molecule has 0 saturated heterocycles. The first-order chi connectivity index (χ1) is 9.54. The van der Waals surface area contributed by atoms with E-state index in [1.165, 1.54) is 0 Å². The van der Waals surface area contributed by atoms with Crippen molar-refractivity contribution in [3.05, 3.63) is 34.1 Å². The number of carbonyl (C=O) groups is 1. The summed E-state index contributed by atoms with van der Waals surface area (Å²) in [4.78, 5) is 20.9. The number of unbranched alkanes of at least 4 members (excludes halogenated alkanes) is 2. The number of nitrogens with one attached hydrogen (secondary N) is 1. The maximum Gasteiger partial charge on any atom is 0.311 e. The third-order valence-electron chi connectivity index (χ3n) is 2.59. The molecule has 0 atom stereocenters. The van der Waals surface area contributed by atoms with E-state index in [2.05, 4.69) is 0 Å². The molecule has 0 aromatic heterocycles. The van der Waals surface area contributed by atoms with E-state index in [1.807, 2.05) is 5.43 Å². The summed E-state index contributed by atoms with van der Waals surface area (Å²) in [7, 11) is 0. The highest BCUT2D eigenvalue weighted by molar-refractivity contribution is 5.75. The molecule has 0 saturated carbocycles. The molecule has 0 spiro atoms. The third kappa shape index (κ3) is 5.19. The molecule has 0 aliphatic carbocycles. The van der Waals surface area contributed by atoms with Crippen LogP contribution in [0.2, 0.25) is 0 Å². The normalized spacial score (nSPS) is 10.1. The fraction of sp³-hybridized carbons (Fsp3) is 0.417. The number of carbonyl (C=O) groups excluding carboxylic acids is 1. The number of nitrogens with zero attached hydrogens (tertiary/aromatic N) is 1. The van der Waals surface area contributed by atoms with Crippen LogP contribution in [0.3, 0.4) is 0 Å². The highest BCUT2D eigenvalue weighted by atomic mass is 19.1. The zero-order valence-corrected chi connectivity index (χ0v) is 10.8. The van der Waals surface area contributed by atoms with Gasteiger partial charge in [-0.3, -0.25) is 20.3 Å². The highest BCUT2D eigenvalue weighted by Gasteiger charge is 2.15. The van der Waals surface area contributed by atoms with Gasteiger partial charge in [-0.05, 0) is 25.3 Å². The molecule has 110 valence electrons. The van der Waals surface area contributed by atoms with Gasteiger partial charge in [0.2, 0.25) is 5.91 Å². The van der Waals surface area contributed by atoms with Crippen LogP contribution >= 0.6 is 0 Å². The lowest BCUT2D eigenvalue weighted by atomic mass is 10.2. The second-order valence-corrected chi connectivity index (χ2v) is 4.10. The molecule has 1 aromatic rings. The third-order valence-corrected chi connectivity index (χ3v) is 2.59. The van der Waals surface area contributed by atoms with Gasteiger partial charge in [0.05, 0.1) is 11.5 Å². The van der Waals surface area contributed by atoms with Crippen molar-refractivity contribution < 1.29 is 18.8 Å². The van der Waals surface area contributed by atoms with Crippen LogP contribution < -0.4 is 16.0 Å². The predicted octanol–water partition coefficient (Wildman–Crippen LogP) is 1.66.